The fourth-order valence-corrected chi connectivity index (χ4v) is 1.64. The van der Waals surface area contributed by atoms with Crippen LogP contribution >= 0.6 is 0 Å². The van der Waals surface area contributed by atoms with Gasteiger partial charge in [0.2, 0.25) is 5.91 Å². The number of carbonyl (C=O) groups excluding carboxylic acids is 1. The van der Waals surface area contributed by atoms with Gasteiger partial charge in [-0.25, -0.2) is 0 Å². The average Bonchev–Trinajstić information content (AvgIpc) is 2.93. The van der Waals surface area contributed by atoms with E-state index in [1.54, 1.807) is 0 Å². The lowest BCUT2D eigenvalue weighted by atomic mass is 10.1. The highest BCUT2D eigenvalue weighted by molar-refractivity contribution is 5.85. The van der Waals surface area contributed by atoms with Crippen LogP contribution in [0.15, 0.2) is 12.2 Å². The Morgan fingerprint density at radius 1 is 1.57 bits per heavy atom. The van der Waals surface area contributed by atoms with E-state index < -0.39 is 0 Å². The van der Waals surface area contributed by atoms with Crippen LogP contribution in [0.5, 0.6) is 0 Å². The Kier molecular flexibility index (Phi) is 3.32. The molecule has 2 N–H and O–H groups in total. The molecule has 0 bridgehead atoms. The third-order valence-corrected chi connectivity index (χ3v) is 2.83. The summed E-state index contributed by atoms with van der Waals surface area (Å²) in [5, 5.41) is 0. The molecule has 0 spiro atoms. The standard InChI is InChI=1S/C11H20N2O/c1-4-13(7-9(2)3)10(14)11(8-12)5-6-11/h2,4-8,12H2,1,3H3. The summed E-state index contributed by atoms with van der Waals surface area (Å²) in [6, 6.07) is 0. The molecule has 1 rings (SSSR count). The van der Waals surface area contributed by atoms with Crippen LogP contribution in [0.2, 0.25) is 0 Å². The number of nitrogens with zero attached hydrogens (tertiary/aromatic N) is 1. The normalized spacial score (nSPS) is 17.6. The Hall–Kier alpha value is -0.830. The highest BCUT2D eigenvalue weighted by Crippen LogP contribution is 2.46. The van der Waals surface area contributed by atoms with Crippen LogP contribution in [0.25, 0.3) is 0 Å². The number of likely N-dealkylation sites (N-methyl/N-ethyl adjacent to an activating group) is 1. The number of amides is 1. The summed E-state index contributed by atoms with van der Waals surface area (Å²) in [6.07, 6.45) is 1.91. The smallest absolute Gasteiger partial charge is 0.230 e. The van der Waals surface area contributed by atoms with Gasteiger partial charge in [-0.2, -0.15) is 0 Å². The second-order valence-corrected chi connectivity index (χ2v) is 4.26. The van der Waals surface area contributed by atoms with Gasteiger partial charge < -0.3 is 10.6 Å². The van der Waals surface area contributed by atoms with E-state index in [0.29, 0.717) is 13.1 Å². The SMILES string of the molecule is C=C(C)CN(CC)C(=O)C1(CN)CC1. The second-order valence-electron chi connectivity index (χ2n) is 4.26. The van der Waals surface area contributed by atoms with Gasteiger partial charge in [-0.1, -0.05) is 12.2 Å². The molecule has 0 saturated heterocycles. The molecule has 0 aromatic heterocycles. The van der Waals surface area contributed by atoms with Gasteiger partial charge in [-0.15, -0.1) is 0 Å². The first kappa shape index (κ1) is 11.2. The molecular weight excluding hydrogens is 176 g/mol. The van der Waals surface area contributed by atoms with Crippen molar-refractivity contribution in [2.24, 2.45) is 11.1 Å². The molecule has 0 atom stereocenters. The lowest BCUT2D eigenvalue weighted by Crippen LogP contribution is -2.41. The van der Waals surface area contributed by atoms with E-state index in [1.165, 1.54) is 0 Å². The summed E-state index contributed by atoms with van der Waals surface area (Å²) in [6.45, 7) is 9.66. The number of hydrogen-bond donors (Lipinski definition) is 1. The van der Waals surface area contributed by atoms with Crippen LogP contribution in [-0.4, -0.2) is 30.4 Å². The molecule has 0 heterocycles. The van der Waals surface area contributed by atoms with Gasteiger partial charge >= 0.3 is 0 Å². The maximum atomic E-state index is 12.0. The molecule has 0 aliphatic heterocycles. The van der Waals surface area contributed by atoms with Gasteiger partial charge in [0.25, 0.3) is 0 Å². The van der Waals surface area contributed by atoms with Crippen LogP contribution in [0.1, 0.15) is 26.7 Å². The molecule has 1 saturated carbocycles. The summed E-state index contributed by atoms with van der Waals surface area (Å²) < 4.78 is 0. The first-order chi connectivity index (χ1) is 6.55. The van der Waals surface area contributed by atoms with Crippen molar-refractivity contribution in [3.63, 3.8) is 0 Å². The van der Waals surface area contributed by atoms with Crippen LogP contribution < -0.4 is 5.73 Å². The van der Waals surface area contributed by atoms with E-state index in [2.05, 4.69) is 6.58 Å². The minimum Gasteiger partial charge on any atom is -0.338 e. The number of nitrogens with two attached hydrogens (primary N) is 1. The van der Waals surface area contributed by atoms with Gasteiger partial charge in [0, 0.05) is 19.6 Å². The molecule has 80 valence electrons. The van der Waals surface area contributed by atoms with Gasteiger partial charge in [-0.05, 0) is 26.7 Å². The molecular formula is C11H20N2O. The van der Waals surface area contributed by atoms with E-state index >= 15 is 0 Å². The number of hydrogen-bond acceptors (Lipinski definition) is 2. The fraction of sp³-hybridized carbons (Fsp3) is 0.727. The summed E-state index contributed by atoms with van der Waals surface area (Å²) >= 11 is 0. The van der Waals surface area contributed by atoms with Crippen molar-refractivity contribution in [3.8, 4) is 0 Å². The molecule has 3 heteroatoms. The van der Waals surface area contributed by atoms with E-state index in [9.17, 15) is 4.79 Å². The van der Waals surface area contributed by atoms with Crippen LogP contribution in [0.3, 0.4) is 0 Å². The Morgan fingerprint density at radius 3 is 2.43 bits per heavy atom. The molecule has 0 radical (unpaired) electrons. The lowest BCUT2D eigenvalue weighted by Gasteiger charge is -2.25. The monoisotopic (exact) mass is 196 g/mol. The number of carbonyl (C=O) groups is 1. The predicted molar refractivity (Wildman–Crippen MR) is 57.8 cm³/mol. The summed E-state index contributed by atoms with van der Waals surface area (Å²) in [5.41, 5.74) is 6.43. The van der Waals surface area contributed by atoms with Crippen molar-refractivity contribution in [3.05, 3.63) is 12.2 Å². The van der Waals surface area contributed by atoms with E-state index in [0.717, 1.165) is 25.0 Å². The Balaban J connectivity index is 2.61. The van der Waals surface area contributed by atoms with Crippen LogP contribution in [-0.2, 0) is 4.79 Å². The van der Waals surface area contributed by atoms with Crippen molar-refractivity contribution in [1.29, 1.82) is 0 Å². The first-order valence-electron chi connectivity index (χ1n) is 5.19. The minimum absolute atomic E-state index is 0.213. The molecule has 0 aromatic carbocycles. The molecule has 0 unspecified atom stereocenters. The molecule has 1 aliphatic carbocycles. The Morgan fingerprint density at radius 2 is 2.14 bits per heavy atom. The van der Waals surface area contributed by atoms with Gasteiger partial charge in [0.1, 0.15) is 0 Å². The first-order valence-corrected chi connectivity index (χ1v) is 5.19. The molecule has 1 aliphatic rings. The van der Waals surface area contributed by atoms with Gasteiger partial charge in [0.05, 0.1) is 5.41 Å². The molecule has 0 aromatic rings. The highest BCUT2D eigenvalue weighted by atomic mass is 16.2. The third-order valence-electron chi connectivity index (χ3n) is 2.83. The topological polar surface area (TPSA) is 46.3 Å². The molecule has 1 amide bonds. The molecule has 1 fully saturated rings. The number of rotatable bonds is 5. The summed E-state index contributed by atoms with van der Waals surface area (Å²) in [5.74, 6) is 0.213. The van der Waals surface area contributed by atoms with Gasteiger partial charge in [0.15, 0.2) is 0 Å². The zero-order valence-electron chi connectivity index (χ0n) is 9.18. The predicted octanol–water partition coefficient (Wildman–Crippen LogP) is 1.15. The maximum absolute atomic E-state index is 12.0. The van der Waals surface area contributed by atoms with Crippen molar-refractivity contribution in [1.82, 2.24) is 4.90 Å². The second kappa shape index (κ2) is 4.13. The van der Waals surface area contributed by atoms with E-state index in [4.69, 9.17) is 5.73 Å². The molecule has 14 heavy (non-hydrogen) atoms. The van der Waals surface area contributed by atoms with Crippen LogP contribution in [0.4, 0.5) is 0 Å². The van der Waals surface area contributed by atoms with Gasteiger partial charge in [-0.3, -0.25) is 4.79 Å². The lowest BCUT2D eigenvalue weighted by molar-refractivity contribution is -0.136. The highest BCUT2D eigenvalue weighted by Gasteiger charge is 2.50. The maximum Gasteiger partial charge on any atom is 0.230 e. The zero-order chi connectivity index (χ0) is 10.8. The largest absolute Gasteiger partial charge is 0.338 e. The minimum atomic E-state index is -0.217. The fourth-order valence-electron chi connectivity index (χ4n) is 1.64. The Labute approximate surface area is 86.0 Å². The van der Waals surface area contributed by atoms with Crippen molar-refractivity contribution in [2.75, 3.05) is 19.6 Å². The van der Waals surface area contributed by atoms with Crippen molar-refractivity contribution in [2.45, 2.75) is 26.7 Å². The van der Waals surface area contributed by atoms with Crippen LogP contribution in [0, 0.1) is 5.41 Å². The van der Waals surface area contributed by atoms with Crippen molar-refractivity contribution < 1.29 is 4.79 Å². The quantitative estimate of drug-likeness (QED) is 0.670. The molecule has 3 nitrogen and oxygen atoms in total. The summed E-state index contributed by atoms with van der Waals surface area (Å²) in [7, 11) is 0. The van der Waals surface area contributed by atoms with Crippen molar-refractivity contribution >= 4 is 5.91 Å². The average molecular weight is 196 g/mol. The van der Waals surface area contributed by atoms with E-state index in [1.807, 2.05) is 18.7 Å². The zero-order valence-corrected chi connectivity index (χ0v) is 9.18. The van der Waals surface area contributed by atoms with E-state index in [-0.39, 0.29) is 11.3 Å². The Bertz CT molecular complexity index is 244. The third kappa shape index (κ3) is 2.15. The summed E-state index contributed by atoms with van der Waals surface area (Å²) in [4.78, 5) is 13.9.